The van der Waals surface area contributed by atoms with Gasteiger partial charge < -0.3 is 15.2 Å². The number of rotatable bonds is 4. The number of aliphatic carboxylic acids is 1. The average molecular weight is 372 g/mol. The minimum atomic E-state index is -1.21. The molecule has 2 N–H and O–H groups in total. The van der Waals surface area contributed by atoms with Crippen molar-refractivity contribution in [3.05, 3.63) is 34.3 Å². The minimum absolute atomic E-state index is 0.650. The zero-order chi connectivity index (χ0) is 17.1. The van der Waals surface area contributed by atoms with Gasteiger partial charge in [0.1, 0.15) is 5.60 Å². The summed E-state index contributed by atoms with van der Waals surface area (Å²) >= 11 is 3.40. The van der Waals surface area contributed by atoms with E-state index >= 15 is 0 Å². The summed E-state index contributed by atoms with van der Waals surface area (Å²) in [6.07, 6.45) is -0.650. The highest BCUT2D eigenvalue weighted by Crippen LogP contribution is 2.37. The zero-order valence-electron chi connectivity index (χ0n) is 13.4. The number of alkyl carbamates (subject to hydrolysis) is 1. The van der Waals surface area contributed by atoms with Crippen molar-refractivity contribution < 1.29 is 19.4 Å². The van der Waals surface area contributed by atoms with Crippen molar-refractivity contribution in [2.24, 2.45) is 5.41 Å². The van der Waals surface area contributed by atoms with Crippen LogP contribution in [0.15, 0.2) is 28.7 Å². The lowest BCUT2D eigenvalue weighted by Crippen LogP contribution is -2.44. The molecule has 1 atom stereocenters. The Morgan fingerprint density at radius 3 is 2.18 bits per heavy atom. The van der Waals surface area contributed by atoms with Crippen LogP contribution in [0.5, 0.6) is 0 Å². The second kappa shape index (κ2) is 6.69. The van der Waals surface area contributed by atoms with Gasteiger partial charge in [-0.05, 0) is 46.2 Å². The van der Waals surface area contributed by atoms with Gasteiger partial charge in [-0.1, -0.05) is 34.1 Å². The molecule has 6 heteroatoms. The summed E-state index contributed by atoms with van der Waals surface area (Å²) in [5.74, 6) is -1.01. The van der Waals surface area contributed by atoms with Crippen LogP contribution in [0, 0.1) is 5.41 Å². The van der Waals surface area contributed by atoms with Crippen molar-refractivity contribution in [1.29, 1.82) is 0 Å². The molecule has 0 radical (unpaired) electrons. The van der Waals surface area contributed by atoms with Crippen molar-refractivity contribution in [2.45, 2.75) is 46.3 Å². The number of ether oxygens (including phenoxy) is 1. The van der Waals surface area contributed by atoms with Gasteiger partial charge in [0.15, 0.2) is 0 Å². The molecule has 0 aliphatic carbocycles. The number of benzene rings is 1. The first kappa shape index (κ1) is 18.5. The summed E-state index contributed by atoms with van der Waals surface area (Å²) in [7, 11) is 0. The molecule has 1 aromatic rings. The monoisotopic (exact) mass is 371 g/mol. The van der Waals surface area contributed by atoms with E-state index in [1.807, 2.05) is 6.07 Å². The van der Waals surface area contributed by atoms with E-state index in [1.54, 1.807) is 52.8 Å². The van der Waals surface area contributed by atoms with E-state index in [0.29, 0.717) is 5.56 Å². The van der Waals surface area contributed by atoms with Crippen molar-refractivity contribution in [3.8, 4) is 0 Å². The van der Waals surface area contributed by atoms with Crippen molar-refractivity contribution in [2.75, 3.05) is 0 Å². The van der Waals surface area contributed by atoms with Crippen molar-refractivity contribution in [1.82, 2.24) is 5.32 Å². The number of carbonyl (C=O) groups is 2. The maximum Gasteiger partial charge on any atom is 0.408 e. The molecule has 1 aromatic carbocycles. The third kappa shape index (κ3) is 4.73. The Morgan fingerprint density at radius 1 is 1.18 bits per heavy atom. The summed E-state index contributed by atoms with van der Waals surface area (Å²) in [5.41, 5.74) is -1.18. The highest BCUT2D eigenvalue weighted by atomic mass is 79.9. The number of hydrogen-bond donors (Lipinski definition) is 2. The Balaban J connectivity index is 3.17. The van der Waals surface area contributed by atoms with Gasteiger partial charge in [-0.2, -0.15) is 0 Å². The predicted molar refractivity (Wildman–Crippen MR) is 87.7 cm³/mol. The lowest BCUT2D eigenvalue weighted by Gasteiger charge is -2.33. The van der Waals surface area contributed by atoms with Crippen LogP contribution in [-0.2, 0) is 9.53 Å². The fraction of sp³-hybridized carbons (Fsp3) is 0.500. The van der Waals surface area contributed by atoms with Gasteiger partial charge in [-0.25, -0.2) is 4.79 Å². The predicted octanol–water partition coefficient (Wildman–Crippen LogP) is 4.13. The number of halogens is 1. The summed E-state index contributed by atoms with van der Waals surface area (Å²) in [6.45, 7) is 8.39. The molecule has 5 nitrogen and oxygen atoms in total. The Kier molecular flexibility index (Phi) is 5.62. The molecular weight excluding hydrogens is 350 g/mol. The van der Waals surface area contributed by atoms with Crippen LogP contribution in [0.3, 0.4) is 0 Å². The third-order valence-corrected chi connectivity index (χ3v) is 3.87. The Hall–Kier alpha value is -1.56. The smallest absolute Gasteiger partial charge is 0.408 e. The van der Waals surface area contributed by atoms with Gasteiger partial charge in [0, 0.05) is 4.47 Å². The number of nitrogens with one attached hydrogen (secondary N) is 1. The summed E-state index contributed by atoms with van der Waals surface area (Å²) in [5, 5.41) is 12.2. The lowest BCUT2D eigenvalue weighted by atomic mass is 9.80. The van der Waals surface area contributed by atoms with Crippen LogP contribution in [-0.4, -0.2) is 22.8 Å². The first-order chi connectivity index (χ1) is 9.95. The second-order valence-corrected chi connectivity index (χ2v) is 7.48. The van der Waals surface area contributed by atoms with Crippen LogP contribution in [0.2, 0.25) is 0 Å². The summed E-state index contributed by atoms with van der Waals surface area (Å²) in [6, 6.07) is 6.46. The molecule has 22 heavy (non-hydrogen) atoms. The maximum atomic E-state index is 12.1. The fourth-order valence-electron chi connectivity index (χ4n) is 1.91. The number of carbonyl (C=O) groups excluding carboxylic acids is 1. The van der Waals surface area contributed by atoms with Gasteiger partial charge >= 0.3 is 12.1 Å². The van der Waals surface area contributed by atoms with Gasteiger partial charge in [0.25, 0.3) is 0 Å². The summed E-state index contributed by atoms with van der Waals surface area (Å²) in [4.78, 5) is 23.7. The van der Waals surface area contributed by atoms with Crippen LogP contribution >= 0.6 is 15.9 Å². The molecule has 0 saturated heterocycles. The number of carboxylic acid groups (broad SMARTS) is 1. The molecule has 0 saturated carbocycles. The van der Waals surface area contributed by atoms with E-state index in [4.69, 9.17) is 4.74 Å². The Morgan fingerprint density at radius 2 is 1.73 bits per heavy atom. The maximum absolute atomic E-state index is 12.1. The molecule has 0 heterocycles. The normalized spacial score (nSPS) is 13.4. The Bertz CT molecular complexity index is 564. The first-order valence-electron chi connectivity index (χ1n) is 6.92. The standard InChI is InChI=1S/C16H22BrNO4/c1-15(2,3)22-14(21)18-12(16(4,5)13(19)20)10-8-6-7-9-11(10)17/h6-9,12H,1-5H3,(H,18,21)(H,19,20)/t12-/m0/s1. The third-order valence-electron chi connectivity index (χ3n) is 3.15. The number of amides is 1. The number of carboxylic acids is 1. The molecular formula is C16H22BrNO4. The first-order valence-corrected chi connectivity index (χ1v) is 7.72. The molecule has 0 aliphatic rings. The highest BCUT2D eigenvalue weighted by Gasteiger charge is 2.40. The van der Waals surface area contributed by atoms with Gasteiger partial charge in [0.2, 0.25) is 0 Å². The van der Waals surface area contributed by atoms with Crippen LogP contribution in [0.25, 0.3) is 0 Å². The van der Waals surface area contributed by atoms with Gasteiger partial charge in [-0.3, -0.25) is 4.79 Å². The molecule has 0 aliphatic heterocycles. The van der Waals surface area contributed by atoms with E-state index in [2.05, 4.69) is 21.2 Å². The van der Waals surface area contributed by atoms with E-state index in [1.165, 1.54) is 0 Å². The Labute approximate surface area is 139 Å². The zero-order valence-corrected chi connectivity index (χ0v) is 15.0. The van der Waals surface area contributed by atoms with E-state index in [-0.39, 0.29) is 0 Å². The quantitative estimate of drug-likeness (QED) is 0.834. The molecule has 0 unspecified atom stereocenters. The van der Waals surface area contributed by atoms with Crippen LogP contribution in [0.4, 0.5) is 4.79 Å². The molecule has 0 aromatic heterocycles. The van der Waals surface area contributed by atoms with E-state index in [0.717, 1.165) is 4.47 Å². The highest BCUT2D eigenvalue weighted by molar-refractivity contribution is 9.10. The van der Waals surface area contributed by atoms with Crippen LogP contribution < -0.4 is 5.32 Å². The SMILES string of the molecule is CC(C)(C)OC(=O)N[C@@H](c1ccccc1Br)C(C)(C)C(=O)O. The van der Waals surface area contributed by atoms with Crippen molar-refractivity contribution >= 4 is 28.0 Å². The topological polar surface area (TPSA) is 75.6 Å². The molecule has 1 amide bonds. The van der Waals surface area contributed by atoms with E-state index in [9.17, 15) is 14.7 Å². The lowest BCUT2D eigenvalue weighted by molar-refractivity contribution is -0.148. The molecule has 0 spiro atoms. The fourth-order valence-corrected chi connectivity index (χ4v) is 2.42. The van der Waals surface area contributed by atoms with Crippen LogP contribution in [0.1, 0.15) is 46.2 Å². The molecule has 0 bridgehead atoms. The number of hydrogen-bond acceptors (Lipinski definition) is 3. The summed E-state index contributed by atoms with van der Waals surface area (Å²) < 4.78 is 5.97. The second-order valence-electron chi connectivity index (χ2n) is 6.63. The average Bonchev–Trinajstić information content (AvgIpc) is 2.34. The molecule has 0 fully saturated rings. The largest absolute Gasteiger partial charge is 0.481 e. The molecule has 1 rings (SSSR count). The van der Waals surface area contributed by atoms with Gasteiger partial charge in [-0.15, -0.1) is 0 Å². The molecule has 122 valence electrons. The van der Waals surface area contributed by atoms with Gasteiger partial charge in [0.05, 0.1) is 11.5 Å². The van der Waals surface area contributed by atoms with Crippen molar-refractivity contribution in [3.63, 3.8) is 0 Å². The van der Waals surface area contributed by atoms with E-state index < -0.39 is 29.1 Å². The minimum Gasteiger partial charge on any atom is -0.481 e.